The van der Waals surface area contributed by atoms with E-state index in [1.807, 2.05) is 26.8 Å². The minimum atomic E-state index is -0.801. The zero-order valence-corrected chi connectivity index (χ0v) is 16.8. The van der Waals surface area contributed by atoms with Crippen LogP contribution in [0.25, 0.3) is 0 Å². The fraction of sp³-hybridized carbons (Fsp3) is 0.591. The van der Waals surface area contributed by atoms with Gasteiger partial charge in [-0.15, -0.1) is 0 Å². The third kappa shape index (κ3) is 7.63. The van der Waals surface area contributed by atoms with Crippen LogP contribution in [-0.2, 0) is 19.1 Å². The molecule has 1 N–H and O–H groups in total. The van der Waals surface area contributed by atoms with Crippen LogP contribution >= 0.6 is 0 Å². The zero-order valence-electron chi connectivity index (χ0n) is 16.8. The molecule has 5 heteroatoms. The third-order valence-electron chi connectivity index (χ3n) is 5.01. The Labute approximate surface area is 162 Å². The molecule has 0 aromatic rings. The van der Waals surface area contributed by atoms with Crippen molar-refractivity contribution in [3.8, 4) is 0 Å². The third-order valence-corrected chi connectivity index (χ3v) is 5.01. The Morgan fingerprint density at radius 2 is 2.00 bits per heavy atom. The van der Waals surface area contributed by atoms with Crippen molar-refractivity contribution < 1.29 is 24.2 Å². The molecule has 1 aliphatic carbocycles. The summed E-state index contributed by atoms with van der Waals surface area (Å²) < 4.78 is 5.25. The van der Waals surface area contributed by atoms with Crippen molar-refractivity contribution >= 4 is 18.5 Å². The Morgan fingerprint density at radius 3 is 2.56 bits per heavy atom. The molecule has 4 atom stereocenters. The number of hydrogen-bond donors (Lipinski definition) is 1. The number of aliphatic hydroxyl groups is 1. The number of allylic oxidation sites excluding steroid dienone is 5. The van der Waals surface area contributed by atoms with Crippen molar-refractivity contribution in [2.45, 2.75) is 59.5 Å². The molecule has 0 unspecified atom stereocenters. The topological polar surface area (TPSA) is 80.7 Å². The lowest BCUT2D eigenvalue weighted by atomic mass is 9.72. The van der Waals surface area contributed by atoms with Crippen LogP contribution in [0.4, 0.5) is 0 Å². The lowest BCUT2D eigenvalue weighted by Gasteiger charge is -2.34. The van der Waals surface area contributed by atoms with Crippen molar-refractivity contribution in [2.75, 3.05) is 6.61 Å². The molecular formula is C22H32O5. The number of carbonyl (C=O) groups is 3. The summed E-state index contributed by atoms with van der Waals surface area (Å²) in [6, 6.07) is 0. The average Bonchev–Trinajstić information content (AvgIpc) is 2.65. The molecule has 0 aliphatic heterocycles. The molecule has 5 nitrogen and oxygen atoms in total. The monoisotopic (exact) mass is 376 g/mol. The van der Waals surface area contributed by atoms with Gasteiger partial charge < -0.3 is 14.6 Å². The largest absolute Gasteiger partial charge is 0.466 e. The van der Waals surface area contributed by atoms with Crippen LogP contribution in [0.15, 0.2) is 34.9 Å². The summed E-state index contributed by atoms with van der Waals surface area (Å²) in [6.45, 7) is 7.40. The molecule has 1 aliphatic rings. The van der Waals surface area contributed by atoms with E-state index in [0.29, 0.717) is 31.1 Å². The fourth-order valence-corrected chi connectivity index (χ4v) is 3.64. The van der Waals surface area contributed by atoms with Gasteiger partial charge in [0.25, 0.3) is 0 Å². The summed E-state index contributed by atoms with van der Waals surface area (Å²) in [5.74, 6) is -1.84. The number of rotatable bonds is 8. The van der Waals surface area contributed by atoms with Crippen molar-refractivity contribution in [2.24, 2.45) is 17.8 Å². The van der Waals surface area contributed by atoms with Crippen LogP contribution in [0.3, 0.4) is 0 Å². The summed E-state index contributed by atoms with van der Waals surface area (Å²) in [5.41, 5.74) is 2.57. The van der Waals surface area contributed by atoms with E-state index in [0.717, 1.165) is 18.3 Å². The van der Waals surface area contributed by atoms with Gasteiger partial charge >= 0.3 is 5.97 Å². The predicted molar refractivity (Wildman–Crippen MR) is 105 cm³/mol. The van der Waals surface area contributed by atoms with E-state index in [4.69, 9.17) is 4.74 Å². The Balaban J connectivity index is 3.26. The highest BCUT2D eigenvalue weighted by Gasteiger charge is 2.37. The molecule has 150 valence electrons. The molecule has 1 rings (SSSR count). The molecular weight excluding hydrogens is 344 g/mol. The Kier molecular flexibility index (Phi) is 9.94. The maximum atomic E-state index is 11.9. The van der Waals surface area contributed by atoms with Crippen LogP contribution in [0.2, 0.25) is 0 Å². The highest BCUT2D eigenvalue weighted by Crippen LogP contribution is 2.35. The van der Waals surface area contributed by atoms with Gasteiger partial charge in [-0.3, -0.25) is 9.59 Å². The van der Waals surface area contributed by atoms with Gasteiger partial charge in [0.1, 0.15) is 12.6 Å². The first kappa shape index (κ1) is 23.0. The molecule has 27 heavy (non-hydrogen) atoms. The number of hydrogen-bond acceptors (Lipinski definition) is 5. The SMILES string of the molecule is CC(=O)OC[C@@H](CCC=C(C)C)[C@H]1[C@@H](O)C/C(C)=C/C/C=C(/C=O)[C@@H]1C=O. The molecule has 0 aromatic carbocycles. The van der Waals surface area contributed by atoms with Crippen molar-refractivity contribution in [3.05, 3.63) is 34.9 Å². The first-order valence-electron chi connectivity index (χ1n) is 9.51. The van der Waals surface area contributed by atoms with Gasteiger partial charge in [-0.25, -0.2) is 0 Å². The Morgan fingerprint density at radius 1 is 1.30 bits per heavy atom. The first-order valence-corrected chi connectivity index (χ1v) is 9.51. The molecule has 0 saturated heterocycles. The highest BCUT2D eigenvalue weighted by molar-refractivity contribution is 5.81. The number of esters is 1. The Bertz CT molecular complexity index is 610. The fourth-order valence-electron chi connectivity index (χ4n) is 3.64. The molecule has 0 aromatic heterocycles. The summed E-state index contributed by atoms with van der Waals surface area (Å²) in [5, 5.41) is 10.9. The molecule has 0 radical (unpaired) electrons. The van der Waals surface area contributed by atoms with Crippen LogP contribution in [0, 0.1) is 17.8 Å². The predicted octanol–water partition coefficient (Wildman–Crippen LogP) is 3.57. The van der Waals surface area contributed by atoms with Gasteiger partial charge in [-0.2, -0.15) is 0 Å². The summed E-state index contributed by atoms with van der Waals surface area (Å²) in [4.78, 5) is 34.9. The minimum Gasteiger partial charge on any atom is -0.466 e. The molecule has 0 saturated carbocycles. The molecule has 0 amide bonds. The van der Waals surface area contributed by atoms with E-state index in [9.17, 15) is 19.5 Å². The van der Waals surface area contributed by atoms with Gasteiger partial charge in [0.05, 0.1) is 12.7 Å². The quantitative estimate of drug-likeness (QED) is 0.398. The van der Waals surface area contributed by atoms with Gasteiger partial charge in [-0.05, 0) is 57.9 Å². The second-order valence-electron chi connectivity index (χ2n) is 7.54. The lowest BCUT2D eigenvalue weighted by Crippen LogP contribution is -2.39. The second kappa shape index (κ2) is 11.7. The number of ether oxygens (including phenoxy) is 1. The van der Waals surface area contributed by atoms with E-state index in [1.165, 1.54) is 12.5 Å². The smallest absolute Gasteiger partial charge is 0.302 e. The van der Waals surface area contributed by atoms with Gasteiger partial charge in [-0.1, -0.05) is 29.4 Å². The maximum Gasteiger partial charge on any atom is 0.302 e. The zero-order chi connectivity index (χ0) is 20.4. The summed E-state index contributed by atoms with van der Waals surface area (Å²) in [7, 11) is 0. The van der Waals surface area contributed by atoms with Crippen LogP contribution in [0.5, 0.6) is 0 Å². The standard InChI is InChI=1S/C22H32O5/c1-15(2)7-5-10-19(14-27-17(4)25)22-20(13-24)18(12-23)9-6-8-16(3)11-21(22)26/h7-9,12-13,19-22,26H,5-6,10-11,14H2,1-4H3/b16-8+,18-9-/t19-,20+,21+,22-/m1/s1. The van der Waals surface area contributed by atoms with Gasteiger partial charge in [0, 0.05) is 18.8 Å². The van der Waals surface area contributed by atoms with E-state index in [1.54, 1.807) is 6.08 Å². The second-order valence-corrected chi connectivity index (χ2v) is 7.54. The minimum absolute atomic E-state index is 0.118. The van der Waals surface area contributed by atoms with E-state index >= 15 is 0 Å². The molecule has 0 spiro atoms. The molecule has 0 heterocycles. The normalized spacial score (nSPS) is 28.1. The average molecular weight is 376 g/mol. The van der Waals surface area contributed by atoms with Crippen LogP contribution < -0.4 is 0 Å². The maximum absolute atomic E-state index is 11.9. The number of carbonyl (C=O) groups excluding carboxylic acids is 3. The van der Waals surface area contributed by atoms with E-state index in [-0.39, 0.29) is 12.5 Å². The lowest BCUT2D eigenvalue weighted by molar-refractivity contribution is -0.144. The summed E-state index contributed by atoms with van der Waals surface area (Å²) in [6.07, 6.45) is 8.82. The van der Waals surface area contributed by atoms with Crippen molar-refractivity contribution in [1.82, 2.24) is 0 Å². The summed E-state index contributed by atoms with van der Waals surface area (Å²) >= 11 is 0. The van der Waals surface area contributed by atoms with E-state index < -0.39 is 23.9 Å². The van der Waals surface area contributed by atoms with Crippen molar-refractivity contribution in [3.63, 3.8) is 0 Å². The van der Waals surface area contributed by atoms with Gasteiger partial charge in [0.2, 0.25) is 0 Å². The number of aliphatic hydroxyl groups excluding tert-OH is 1. The highest BCUT2D eigenvalue weighted by atomic mass is 16.5. The van der Waals surface area contributed by atoms with Gasteiger partial charge in [0.15, 0.2) is 0 Å². The first-order chi connectivity index (χ1) is 12.8. The molecule has 0 fully saturated rings. The number of aldehydes is 2. The van der Waals surface area contributed by atoms with E-state index in [2.05, 4.69) is 6.08 Å². The van der Waals surface area contributed by atoms with Crippen molar-refractivity contribution in [1.29, 1.82) is 0 Å². The van der Waals surface area contributed by atoms with Crippen LogP contribution in [0.1, 0.15) is 53.4 Å². The molecule has 0 bridgehead atoms. The Hall–Kier alpha value is -2.01. The van der Waals surface area contributed by atoms with Crippen LogP contribution in [-0.4, -0.2) is 36.4 Å².